The summed E-state index contributed by atoms with van der Waals surface area (Å²) in [5.41, 5.74) is -0.772. The molecule has 2 saturated heterocycles. The van der Waals surface area contributed by atoms with Gasteiger partial charge in [0.2, 0.25) is 0 Å². The Morgan fingerprint density at radius 3 is 2.42 bits per heavy atom. The molecule has 0 radical (unpaired) electrons. The second-order valence-electron chi connectivity index (χ2n) is 5.94. The van der Waals surface area contributed by atoms with Crippen molar-refractivity contribution in [2.24, 2.45) is 0 Å². The quantitative estimate of drug-likeness (QED) is 0.713. The maximum Gasteiger partial charge on any atom is 0.325 e. The van der Waals surface area contributed by atoms with Crippen molar-refractivity contribution in [2.75, 3.05) is 26.2 Å². The van der Waals surface area contributed by atoms with Gasteiger partial charge in [0.25, 0.3) is 5.91 Å². The van der Waals surface area contributed by atoms with Crippen molar-refractivity contribution < 1.29 is 14.7 Å². The maximum absolute atomic E-state index is 12.0. The molecule has 0 bridgehead atoms. The number of hydrogen-bond donors (Lipinski definition) is 2. The standard InChI is InChI=1S/C13H23N3O3/c1-13(2)11(18)16(12(19)14-13)7-3-6-15-8-4-10(17)5-9-15/h10,17H,3-9H2,1-2H3,(H,14,19). The number of carbonyl (C=O) groups is 2. The summed E-state index contributed by atoms with van der Waals surface area (Å²) in [6, 6.07) is -0.288. The van der Waals surface area contributed by atoms with Gasteiger partial charge in [0.1, 0.15) is 5.54 Å². The van der Waals surface area contributed by atoms with Gasteiger partial charge in [0.15, 0.2) is 0 Å². The van der Waals surface area contributed by atoms with E-state index in [-0.39, 0.29) is 18.0 Å². The van der Waals surface area contributed by atoms with Gasteiger partial charge in [0, 0.05) is 19.6 Å². The molecule has 0 aromatic rings. The van der Waals surface area contributed by atoms with E-state index in [9.17, 15) is 14.7 Å². The fourth-order valence-electron chi connectivity index (χ4n) is 2.62. The van der Waals surface area contributed by atoms with Gasteiger partial charge >= 0.3 is 6.03 Å². The predicted molar refractivity (Wildman–Crippen MR) is 70.6 cm³/mol. The van der Waals surface area contributed by atoms with Crippen molar-refractivity contribution >= 4 is 11.9 Å². The van der Waals surface area contributed by atoms with E-state index in [0.717, 1.165) is 38.9 Å². The molecule has 0 aromatic heterocycles. The van der Waals surface area contributed by atoms with E-state index in [2.05, 4.69) is 10.2 Å². The molecule has 2 fully saturated rings. The first-order valence-electron chi connectivity index (χ1n) is 6.95. The van der Waals surface area contributed by atoms with E-state index in [1.807, 2.05) is 0 Å². The number of amides is 3. The zero-order chi connectivity index (χ0) is 14.0. The number of piperidine rings is 1. The fraction of sp³-hybridized carbons (Fsp3) is 0.846. The van der Waals surface area contributed by atoms with Gasteiger partial charge in [0.05, 0.1) is 6.10 Å². The van der Waals surface area contributed by atoms with Crippen LogP contribution in [0.1, 0.15) is 33.1 Å². The molecule has 6 heteroatoms. The average Bonchev–Trinajstić information content (AvgIpc) is 2.53. The van der Waals surface area contributed by atoms with E-state index in [1.165, 1.54) is 4.90 Å². The van der Waals surface area contributed by atoms with E-state index in [4.69, 9.17) is 0 Å². The van der Waals surface area contributed by atoms with Crippen LogP contribution in [0.15, 0.2) is 0 Å². The summed E-state index contributed by atoms with van der Waals surface area (Å²) in [7, 11) is 0. The molecule has 19 heavy (non-hydrogen) atoms. The first-order valence-corrected chi connectivity index (χ1v) is 6.95. The lowest BCUT2D eigenvalue weighted by molar-refractivity contribution is -0.130. The molecule has 2 heterocycles. The van der Waals surface area contributed by atoms with Gasteiger partial charge < -0.3 is 15.3 Å². The molecule has 2 aliphatic heterocycles. The van der Waals surface area contributed by atoms with Crippen LogP contribution in [0, 0.1) is 0 Å². The van der Waals surface area contributed by atoms with Crippen LogP contribution in [0.4, 0.5) is 4.79 Å². The highest BCUT2D eigenvalue weighted by atomic mass is 16.3. The zero-order valence-electron chi connectivity index (χ0n) is 11.7. The molecule has 0 spiro atoms. The van der Waals surface area contributed by atoms with E-state index in [0.29, 0.717) is 6.54 Å². The minimum Gasteiger partial charge on any atom is -0.393 e. The molecular weight excluding hydrogens is 246 g/mol. The first kappa shape index (κ1) is 14.3. The number of imide groups is 1. The summed E-state index contributed by atoms with van der Waals surface area (Å²) < 4.78 is 0. The predicted octanol–water partition coefficient (Wildman–Crippen LogP) is 0.164. The minimum absolute atomic E-state index is 0.147. The van der Waals surface area contributed by atoms with Crippen molar-refractivity contribution in [1.29, 1.82) is 0 Å². The highest BCUT2D eigenvalue weighted by Crippen LogP contribution is 2.17. The topological polar surface area (TPSA) is 72.9 Å². The molecule has 2 N–H and O–H groups in total. The molecule has 2 aliphatic rings. The SMILES string of the molecule is CC1(C)NC(=O)N(CCCN2CCC(O)CC2)C1=O. The van der Waals surface area contributed by atoms with Gasteiger partial charge in [-0.05, 0) is 39.7 Å². The van der Waals surface area contributed by atoms with Gasteiger partial charge in [-0.2, -0.15) is 0 Å². The summed E-state index contributed by atoms with van der Waals surface area (Å²) in [5, 5.41) is 12.1. The number of hydrogen-bond acceptors (Lipinski definition) is 4. The number of nitrogens with one attached hydrogen (secondary N) is 1. The lowest BCUT2D eigenvalue weighted by atomic mass is 10.1. The minimum atomic E-state index is -0.772. The number of nitrogens with zero attached hydrogens (tertiary/aromatic N) is 2. The van der Waals surface area contributed by atoms with Gasteiger partial charge in [-0.3, -0.25) is 9.69 Å². The average molecular weight is 269 g/mol. The van der Waals surface area contributed by atoms with Crippen LogP contribution in [0.25, 0.3) is 0 Å². The number of carbonyl (C=O) groups excluding carboxylic acids is 2. The highest BCUT2D eigenvalue weighted by Gasteiger charge is 2.43. The van der Waals surface area contributed by atoms with Crippen LogP contribution in [0.3, 0.4) is 0 Å². The molecular formula is C13H23N3O3. The lowest BCUT2D eigenvalue weighted by Crippen LogP contribution is -2.41. The number of urea groups is 1. The van der Waals surface area contributed by atoms with Crippen LogP contribution < -0.4 is 5.32 Å². The van der Waals surface area contributed by atoms with Crippen molar-refractivity contribution in [3.8, 4) is 0 Å². The fourth-order valence-corrected chi connectivity index (χ4v) is 2.62. The Balaban J connectivity index is 1.74. The Bertz CT molecular complexity index is 362. The number of aliphatic hydroxyl groups excluding tert-OH is 1. The van der Waals surface area contributed by atoms with Crippen LogP contribution in [0.5, 0.6) is 0 Å². The van der Waals surface area contributed by atoms with Crippen molar-refractivity contribution in [3.05, 3.63) is 0 Å². The van der Waals surface area contributed by atoms with Crippen molar-refractivity contribution in [1.82, 2.24) is 15.1 Å². The Hall–Kier alpha value is -1.14. The van der Waals surface area contributed by atoms with Gasteiger partial charge in [-0.1, -0.05) is 0 Å². The molecule has 0 atom stereocenters. The number of aliphatic hydroxyl groups is 1. The van der Waals surface area contributed by atoms with E-state index >= 15 is 0 Å². The number of likely N-dealkylation sites (tertiary alicyclic amines) is 1. The molecule has 3 amide bonds. The Kier molecular flexibility index (Phi) is 4.10. The Labute approximate surface area is 113 Å². The molecule has 6 nitrogen and oxygen atoms in total. The van der Waals surface area contributed by atoms with Crippen LogP contribution in [-0.2, 0) is 4.79 Å². The molecule has 0 aromatic carbocycles. The summed E-state index contributed by atoms with van der Waals surface area (Å²) in [6.07, 6.45) is 2.25. The monoisotopic (exact) mass is 269 g/mol. The molecule has 2 rings (SSSR count). The van der Waals surface area contributed by atoms with E-state index < -0.39 is 5.54 Å². The third-order valence-corrected chi connectivity index (χ3v) is 3.86. The molecule has 0 unspecified atom stereocenters. The largest absolute Gasteiger partial charge is 0.393 e. The van der Waals surface area contributed by atoms with Crippen LogP contribution in [0.2, 0.25) is 0 Å². The van der Waals surface area contributed by atoms with Gasteiger partial charge in [-0.15, -0.1) is 0 Å². The third-order valence-electron chi connectivity index (χ3n) is 3.86. The second kappa shape index (κ2) is 5.46. The first-order chi connectivity index (χ1) is 8.90. The van der Waals surface area contributed by atoms with Crippen LogP contribution in [-0.4, -0.2) is 64.7 Å². The molecule has 0 saturated carbocycles. The smallest absolute Gasteiger partial charge is 0.325 e. The van der Waals surface area contributed by atoms with Crippen molar-refractivity contribution in [3.63, 3.8) is 0 Å². The second-order valence-corrected chi connectivity index (χ2v) is 5.94. The lowest BCUT2D eigenvalue weighted by Gasteiger charge is -2.29. The summed E-state index contributed by atoms with van der Waals surface area (Å²) in [6.45, 7) is 6.56. The van der Waals surface area contributed by atoms with Crippen LogP contribution >= 0.6 is 0 Å². The summed E-state index contributed by atoms with van der Waals surface area (Å²) in [4.78, 5) is 27.2. The third kappa shape index (κ3) is 3.25. The van der Waals surface area contributed by atoms with E-state index in [1.54, 1.807) is 13.8 Å². The molecule has 108 valence electrons. The maximum atomic E-state index is 12.0. The molecule has 0 aliphatic carbocycles. The summed E-state index contributed by atoms with van der Waals surface area (Å²) >= 11 is 0. The van der Waals surface area contributed by atoms with Gasteiger partial charge in [-0.25, -0.2) is 4.79 Å². The summed E-state index contributed by atoms with van der Waals surface area (Å²) in [5.74, 6) is -0.147. The zero-order valence-corrected chi connectivity index (χ0v) is 11.7. The number of rotatable bonds is 4. The Morgan fingerprint density at radius 1 is 1.26 bits per heavy atom. The highest BCUT2D eigenvalue weighted by molar-refractivity contribution is 6.06. The normalized spacial score (nSPS) is 24.9. The van der Waals surface area contributed by atoms with Crippen molar-refractivity contribution in [2.45, 2.75) is 44.8 Å². The Morgan fingerprint density at radius 2 is 1.89 bits per heavy atom.